The van der Waals surface area contributed by atoms with Crippen LogP contribution in [0.5, 0.6) is 5.75 Å². The Labute approximate surface area is 115 Å². The first kappa shape index (κ1) is 14.3. The second kappa shape index (κ2) is 5.11. The fraction of sp³-hybridized carbons (Fsp3) is 0.429. The number of nitrogens with one attached hydrogen (secondary N) is 1. The van der Waals surface area contributed by atoms with Gasteiger partial charge in [0.1, 0.15) is 17.0 Å². The Morgan fingerprint density at radius 3 is 2.60 bits per heavy atom. The quantitative estimate of drug-likeness (QED) is 0.876. The lowest BCUT2D eigenvalue weighted by Gasteiger charge is -2.45. The summed E-state index contributed by atoms with van der Waals surface area (Å²) in [6.45, 7) is 1.37. The lowest BCUT2D eigenvalue weighted by atomic mass is 9.61. The Morgan fingerprint density at radius 1 is 1.45 bits per heavy atom. The van der Waals surface area contributed by atoms with Crippen molar-refractivity contribution in [2.75, 3.05) is 7.11 Å². The largest absolute Gasteiger partial charge is 0.496 e. The molecule has 1 aliphatic carbocycles. The van der Waals surface area contributed by atoms with E-state index < -0.39 is 17.2 Å². The summed E-state index contributed by atoms with van der Waals surface area (Å²) in [7, 11) is 1.37. The number of benzene rings is 1. The lowest BCUT2D eigenvalue weighted by molar-refractivity contribution is -0.149. The topological polar surface area (TPSA) is 75.6 Å². The fourth-order valence-electron chi connectivity index (χ4n) is 2.80. The second-order valence-corrected chi connectivity index (χ2v) is 5.01. The predicted molar refractivity (Wildman–Crippen MR) is 69.1 cm³/mol. The zero-order valence-electron chi connectivity index (χ0n) is 11.3. The van der Waals surface area contributed by atoms with E-state index in [0.717, 1.165) is 0 Å². The molecule has 0 spiro atoms. The summed E-state index contributed by atoms with van der Waals surface area (Å²) in [5, 5.41) is 12.1. The maximum absolute atomic E-state index is 14.1. The van der Waals surface area contributed by atoms with Crippen LogP contribution in [0.2, 0.25) is 0 Å². The average molecular weight is 281 g/mol. The van der Waals surface area contributed by atoms with Crippen molar-refractivity contribution in [3.8, 4) is 5.75 Å². The molecule has 6 heteroatoms. The monoisotopic (exact) mass is 281 g/mol. The number of methoxy groups -OCH3 is 1. The van der Waals surface area contributed by atoms with Gasteiger partial charge in [0.15, 0.2) is 0 Å². The van der Waals surface area contributed by atoms with Gasteiger partial charge in [-0.2, -0.15) is 0 Å². The molecule has 1 aliphatic rings. The molecule has 2 rings (SSSR count). The minimum atomic E-state index is -1.34. The molecular formula is C14H16FNO4. The van der Waals surface area contributed by atoms with Gasteiger partial charge in [0, 0.05) is 18.5 Å². The molecule has 20 heavy (non-hydrogen) atoms. The number of carbonyl (C=O) groups is 2. The van der Waals surface area contributed by atoms with E-state index in [1.807, 2.05) is 0 Å². The van der Waals surface area contributed by atoms with Gasteiger partial charge in [0.05, 0.1) is 7.11 Å². The zero-order valence-corrected chi connectivity index (χ0v) is 11.3. The summed E-state index contributed by atoms with van der Waals surface area (Å²) in [6.07, 6.45) is 0.304. The van der Waals surface area contributed by atoms with Crippen LogP contribution in [-0.4, -0.2) is 30.1 Å². The van der Waals surface area contributed by atoms with Gasteiger partial charge in [-0.3, -0.25) is 9.59 Å². The number of carbonyl (C=O) groups excluding carboxylic acids is 1. The van der Waals surface area contributed by atoms with Crippen LogP contribution in [0.15, 0.2) is 18.2 Å². The lowest BCUT2D eigenvalue weighted by Crippen LogP contribution is -2.57. The van der Waals surface area contributed by atoms with Gasteiger partial charge in [0.2, 0.25) is 5.91 Å². The molecule has 5 nitrogen and oxygen atoms in total. The average Bonchev–Trinajstić information content (AvgIpc) is 2.32. The van der Waals surface area contributed by atoms with Gasteiger partial charge in [-0.15, -0.1) is 0 Å². The molecule has 0 saturated heterocycles. The molecule has 1 saturated carbocycles. The number of hydrogen-bond acceptors (Lipinski definition) is 3. The number of carboxylic acid groups (broad SMARTS) is 1. The molecule has 0 atom stereocenters. The minimum absolute atomic E-state index is 0.0524. The number of halogens is 1. The van der Waals surface area contributed by atoms with Gasteiger partial charge < -0.3 is 15.2 Å². The first-order chi connectivity index (χ1) is 9.40. The van der Waals surface area contributed by atoms with Gasteiger partial charge in [0.25, 0.3) is 0 Å². The maximum Gasteiger partial charge on any atom is 0.314 e. The molecule has 0 heterocycles. The molecular weight excluding hydrogens is 265 g/mol. The minimum Gasteiger partial charge on any atom is -0.496 e. The molecule has 108 valence electrons. The predicted octanol–water partition coefficient (Wildman–Crippen LogP) is 1.46. The van der Waals surface area contributed by atoms with Gasteiger partial charge in [-0.1, -0.05) is 6.07 Å². The summed E-state index contributed by atoms with van der Waals surface area (Å²) < 4.78 is 19.2. The van der Waals surface area contributed by atoms with E-state index >= 15 is 0 Å². The number of aliphatic carboxylic acids is 1. The standard InChI is InChI=1S/C14H16FNO4/c1-8(17)16-9-6-14(7-9,13(18)19)12-10(15)4-3-5-11(12)20-2/h3-5,9H,6-7H2,1-2H3,(H,16,17)(H,18,19). The van der Waals surface area contributed by atoms with Crippen molar-refractivity contribution in [3.05, 3.63) is 29.6 Å². The number of ether oxygens (including phenoxy) is 1. The molecule has 1 amide bonds. The number of rotatable bonds is 4. The van der Waals surface area contributed by atoms with Gasteiger partial charge >= 0.3 is 5.97 Å². The van der Waals surface area contributed by atoms with E-state index in [-0.39, 0.29) is 36.1 Å². The Hall–Kier alpha value is -2.11. The van der Waals surface area contributed by atoms with Gasteiger partial charge in [-0.05, 0) is 25.0 Å². The third-order valence-electron chi connectivity index (χ3n) is 3.68. The van der Waals surface area contributed by atoms with Crippen LogP contribution in [0.25, 0.3) is 0 Å². The molecule has 1 aromatic carbocycles. The van der Waals surface area contributed by atoms with Crippen LogP contribution < -0.4 is 10.1 Å². The van der Waals surface area contributed by atoms with Crippen LogP contribution in [-0.2, 0) is 15.0 Å². The highest BCUT2D eigenvalue weighted by molar-refractivity contribution is 5.85. The highest BCUT2D eigenvalue weighted by atomic mass is 19.1. The van der Waals surface area contributed by atoms with E-state index in [0.29, 0.717) is 0 Å². The summed E-state index contributed by atoms with van der Waals surface area (Å²) >= 11 is 0. The Balaban J connectivity index is 2.38. The maximum atomic E-state index is 14.1. The Bertz CT molecular complexity index is 552. The van der Waals surface area contributed by atoms with Crippen molar-refractivity contribution in [1.29, 1.82) is 0 Å². The normalized spacial score (nSPS) is 24.6. The summed E-state index contributed by atoms with van der Waals surface area (Å²) in [5.74, 6) is -1.72. The highest BCUT2D eigenvalue weighted by Gasteiger charge is 2.54. The highest BCUT2D eigenvalue weighted by Crippen LogP contribution is 2.48. The van der Waals surface area contributed by atoms with Crippen LogP contribution in [0.3, 0.4) is 0 Å². The Kier molecular flexibility index (Phi) is 3.65. The second-order valence-electron chi connectivity index (χ2n) is 5.01. The molecule has 0 aromatic heterocycles. The van der Waals surface area contributed by atoms with Crippen molar-refractivity contribution < 1.29 is 23.8 Å². The van der Waals surface area contributed by atoms with Crippen molar-refractivity contribution >= 4 is 11.9 Å². The van der Waals surface area contributed by atoms with Crippen LogP contribution >= 0.6 is 0 Å². The van der Waals surface area contributed by atoms with Crippen molar-refractivity contribution in [1.82, 2.24) is 5.32 Å². The van der Waals surface area contributed by atoms with E-state index in [4.69, 9.17) is 4.74 Å². The van der Waals surface area contributed by atoms with Crippen LogP contribution in [0, 0.1) is 5.82 Å². The van der Waals surface area contributed by atoms with E-state index in [1.165, 1.54) is 32.2 Å². The summed E-state index contributed by atoms with van der Waals surface area (Å²) in [4.78, 5) is 22.6. The van der Waals surface area contributed by atoms with Crippen molar-refractivity contribution in [2.24, 2.45) is 0 Å². The fourth-order valence-corrected chi connectivity index (χ4v) is 2.80. The summed E-state index contributed by atoms with van der Waals surface area (Å²) in [5.41, 5.74) is -1.29. The number of carboxylic acids is 1. The van der Waals surface area contributed by atoms with Crippen molar-refractivity contribution in [3.63, 3.8) is 0 Å². The van der Waals surface area contributed by atoms with Gasteiger partial charge in [-0.25, -0.2) is 4.39 Å². The molecule has 0 radical (unpaired) electrons. The molecule has 2 N–H and O–H groups in total. The van der Waals surface area contributed by atoms with E-state index in [9.17, 15) is 19.1 Å². The zero-order chi connectivity index (χ0) is 14.9. The van der Waals surface area contributed by atoms with E-state index in [1.54, 1.807) is 0 Å². The SMILES string of the molecule is COc1cccc(F)c1C1(C(=O)O)CC(NC(C)=O)C1. The number of amides is 1. The van der Waals surface area contributed by atoms with Crippen LogP contribution in [0.1, 0.15) is 25.3 Å². The molecule has 1 fully saturated rings. The van der Waals surface area contributed by atoms with E-state index in [2.05, 4.69) is 5.32 Å². The first-order valence-corrected chi connectivity index (χ1v) is 6.24. The number of hydrogen-bond donors (Lipinski definition) is 2. The van der Waals surface area contributed by atoms with Crippen molar-refractivity contribution in [2.45, 2.75) is 31.2 Å². The van der Waals surface area contributed by atoms with Crippen LogP contribution in [0.4, 0.5) is 4.39 Å². The first-order valence-electron chi connectivity index (χ1n) is 6.24. The Morgan fingerprint density at radius 2 is 2.10 bits per heavy atom. The molecule has 0 bridgehead atoms. The molecule has 0 unspecified atom stereocenters. The summed E-state index contributed by atoms with van der Waals surface area (Å²) in [6, 6.07) is 3.97. The third-order valence-corrected chi connectivity index (χ3v) is 3.68. The molecule has 0 aliphatic heterocycles. The smallest absolute Gasteiger partial charge is 0.314 e. The molecule has 1 aromatic rings. The third kappa shape index (κ3) is 2.21.